The molecule has 19 heavy (non-hydrogen) atoms. The molecule has 0 aliphatic heterocycles. The highest BCUT2D eigenvalue weighted by atomic mass is 16.5. The van der Waals surface area contributed by atoms with Crippen molar-refractivity contribution in [3.63, 3.8) is 0 Å². The Morgan fingerprint density at radius 1 is 1.05 bits per heavy atom. The summed E-state index contributed by atoms with van der Waals surface area (Å²) in [5.41, 5.74) is 8.64. The molecule has 0 amide bonds. The summed E-state index contributed by atoms with van der Waals surface area (Å²) in [5, 5.41) is 0. The molecule has 3 heteroatoms. The maximum absolute atomic E-state index is 6.18. The van der Waals surface area contributed by atoms with Crippen LogP contribution in [-0.4, -0.2) is 20.3 Å². The predicted octanol–water partition coefficient (Wildman–Crippen LogP) is 3.21. The first kappa shape index (κ1) is 14.2. The van der Waals surface area contributed by atoms with Gasteiger partial charge in [-0.05, 0) is 37.8 Å². The summed E-state index contributed by atoms with van der Waals surface area (Å²) in [5.74, 6) is 2.29. The van der Waals surface area contributed by atoms with E-state index in [-0.39, 0.29) is 11.5 Å². The van der Waals surface area contributed by atoms with E-state index in [0.29, 0.717) is 5.92 Å². The molecular formula is C16H25NO2. The third-order valence-corrected chi connectivity index (χ3v) is 4.37. The van der Waals surface area contributed by atoms with Gasteiger partial charge in [-0.15, -0.1) is 0 Å². The molecule has 2 rings (SSSR count). The molecule has 1 atom stereocenters. The maximum atomic E-state index is 6.18. The van der Waals surface area contributed by atoms with Gasteiger partial charge in [0.15, 0.2) is 0 Å². The molecule has 106 valence electrons. The zero-order valence-corrected chi connectivity index (χ0v) is 12.6. The van der Waals surface area contributed by atoms with Crippen molar-refractivity contribution in [3.05, 3.63) is 23.3 Å². The van der Waals surface area contributed by atoms with Crippen LogP contribution in [0.25, 0.3) is 0 Å². The monoisotopic (exact) mass is 263 g/mol. The van der Waals surface area contributed by atoms with Crippen molar-refractivity contribution in [2.75, 3.05) is 14.2 Å². The summed E-state index contributed by atoms with van der Waals surface area (Å²) < 4.78 is 11.2. The number of nitrogens with two attached hydrogens (primary N) is 1. The van der Waals surface area contributed by atoms with Gasteiger partial charge in [-0.2, -0.15) is 0 Å². The van der Waals surface area contributed by atoms with Crippen LogP contribution in [0.3, 0.4) is 0 Å². The second-order valence-electron chi connectivity index (χ2n) is 5.89. The molecular weight excluding hydrogens is 238 g/mol. The lowest BCUT2D eigenvalue weighted by molar-refractivity contribution is 0.384. The molecule has 2 N–H and O–H groups in total. The summed E-state index contributed by atoms with van der Waals surface area (Å²) in [6, 6.07) is 4.38. The van der Waals surface area contributed by atoms with Crippen molar-refractivity contribution >= 4 is 0 Å². The topological polar surface area (TPSA) is 44.5 Å². The molecule has 1 aromatic carbocycles. The molecule has 0 spiro atoms. The van der Waals surface area contributed by atoms with Gasteiger partial charge >= 0.3 is 0 Å². The maximum Gasteiger partial charge on any atom is 0.123 e. The second kappa shape index (κ2) is 5.04. The first-order chi connectivity index (χ1) is 8.96. The fourth-order valence-corrected chi connectivity index (χ4v) is 2.87. The Morgan fingerprint density at radius 3 is 2.00 bits per heavy atom. The van der Waals surface area contributed by atoms with Crippen LogP contribution < -0.4 is 15.2 Å². The Morgan fingerprint density at radius 2 is 1.63 bits per heavy atom. The lowest BCUT2D eigenvalue weighted by Gasteiger charge is -2.25. The number of ether oxygens (including phenoxy) is 2. The third-order valence-electron chi connectivity index (χ3n) is 4.37. The van der Waals surface area contributed by atoms with E-state index in [9.17, 15) is 0 Å². The summed E-state index contributed by atoms with van der Waals surface area (Å²) in [6.07, 6.45) is 2.26. The summed E-state index contributed by atoms with van der Waals surface area (Å²) in [4.78, 5) is 0. The molecule has 1 unspecified atom stereocenters. The van der Waals surface area contributed by atoms with E-state index in [1.807, 2.05) is 0 Å². The zero-order valence-electron chi connectivity index (χ0n) is 12.6. The van der Waals surface area contributed by atoms with Crippen LogP contribution >= 0.6 is 0 Å². The number of hydrogen-bond acceptors (Lipinski definition) is 3. The Balaban J connectivity index is 2.55. The van der Waals surface area contributed by atoms with Crippen LogP contribution in [-0.2, 0) is 5.41 Å². The van der Waals surface area contributed by atoms with Crippen LogP contribution in [0, 0.1) is 0 Å². The van der Waals surface area contributed by atoms with E-state index in [0.717, 1.165) is 24.3 Å². The highest BCUT2D eigenvalue weighted by Crippen LogP contribution is 2.54. The average Bonchev–Trinajstić information content (AvgIpc) is 3.18. The smallest absolute Gasteiger partial charge is 0.123 e. The fourth-order valence-electron chi connectivity index (χ4n) is 2.87. The van der Waals surface area contributed by atoms with Gasteiger partial charge in [-0.3, -0.25) is 0 Å². The molecule has 1 aromatic rings. The van der Waals surface area contributed by atoms with Gasteiger partial charge in [0.05, 0.1) is 14.2 Å². The van der Waals surface area contributed by atoms with Crippen molar-refractivity contribution in [2.45, 2.75) is 51.0 Å². The van der Waals surface area contributed by atoms with Crippen LogP contribution in [0.15, 0.2) is 12.1 Å². The number of rotatable bonds is 5. The normalized spacial score (nSPS) is 18.3. The van der Waals surface area contributed by atoms with Crippen LogP contribution in [0.5, 0.6) is 11.5 Å². The number of hydrogen-bond donors (Lipinski definition) is 1. The van der Waals surface area contributed by atoms with Gasteiger partial charge in [0.2, 0.25) is 0 Å². The average molecular weight is 263 g/mol. The van der Waals surface area contributed by atoms with Gasteiger partial charge in [-0.1, -0.05) is 13.8 Å². The molecule has 0 bridgehead atoms. The zero-order chi connectivity index (χ0) is 14.2. The predicted molar refractivity (Wildman–Crippen MR) is 78.2 cm³/mol. The fraction of sp³-hybridized carbons (Fsp3) is 0.625. The lowest BCUT2D eigenvalue weighted by atomic mass is 9.86. The summed E-state index contributed by atoms with van der Waals surface area (Å²) in [7, 11) is 3.45. The van der Waals surface area contributed by atoms with Gasteiger partial charge in [0, 0.05) is 22.6 Å². The highest BCUT2D eigenvalue weighted by molar-refractivity contribution is 5.53. The first-order valence-corrected chi connectivity index (χ1v) is 6.98. The standard InChI is InChI=1S/C16H25NO2/c1-10(2)12-8-15(19-5)13(9-14(12)18-4)16(6-7-16)11(3)17/h8-11H,6-7,17H2,1-5H3. The van der Waals surface area contributed by atoms with Crippen molar-refractivity contribution in [2.24, 2.45) is 5.73 Å². The van der Waals surface area contributed by atoms with E-state index < -0.39 is 0 Å². The van der Waals surface area contributed by atoms with Crippen molar-refractivity contribution in [3.8, 4) is 11.5 Å². The molecule has 3 nitrogen and oxygen atoms in total. The van der Waals surface area contributed by atoms with E-state index in [1.165, 1.54) is 11.1 Å². The lowest BCUT2D eigenvalue weighted by Crippen LogP contribution is -2.32. The largest absolute Gasteiger partial charge is 0.496 e. The summed E-state index contributed by atoms with van der Waals surface area (Å²) >= 11 is 0. The second-order valence-corrected chi connectivity index (χ2v) is 5.89. The van der Waals surface area contributed by atoms with Crippen molar-refractivity contribution in [1.82, 2.24) is 0 Å². The van der Waals surface area contributed by atoms with E-state index in [1.54, 1.807) is 14.2 Å². The highest BCUT2D eigenvalue weighted by Gasteiger charge is 2.49. The number of methoxy groups -OCH3 is 2. The van der Waals surface area contributed by atoms with Crippen molar-refractivity contribution in [1.29, 1.82) is 0 Å². The van der Waals surface area contributed by atoms with E-state index in [2.05, 4.69) is 32.9 Å². The molecule has 1 fully saturated rings. The molecule has 1 aliphatic rings. The van der Waals surface area contributed by atoms with Gasteiger partial charge in [0.25, 0.3) is 0 Å². The van der Waals surface area contributed by atoms with Gasteiger partial charge in [-0.25, -0.2) is 0 Å². The Labute approximate surface area is 116 Å². The van der Waals surface area contributed by atoms with Crippen LogP contribution in [0.1, 0.15) is 50.7 Å². The SMILES string of the molecule is COc1cc(C2(C(C)N)CC2)c(OC)cc1C(C)C. The quantitative estimate of drug-likeness (QED) is 0.887. The minimum Gasteiger partial charge on any atom is -0.496 e. The Hall–Kier alpha value is -1.22. The van der Waals surface area contributed by atoms with Gasteiger partial charge in [0.1, 0.15) is 11.5 Å². The molecule has 0 radical (unpaired) electrons. The molecule has 0 aromatic heterocycles. The van der Waals surface area contributed by atoms with Gasteiger partial charge < -0.3 is 15.2 Å². The minimum absolute atomic E-state index is 0.0775. The van der Waals surface area contributed by atoms with E-state index >= 15 is 0 Å². The first-order valence-electron chi connectivity index (χ1n) is 6.98. The van der Waals surface area contributed by atoms with Crippen LogP contribution in [0.4, 0.5) is 0 Å². The molecule has 1 aliphatic carbocycles. The number of benzene rings is 1. The Bertz CT molecular complexity index is 462. The van der Waals surface area contributed by atoms with Crippen LogP contribution in [0.2, 0.25) is 0 Å². The molecule has 1 saturated carbocycles. The van der Waals surface area contributed by atoms with Crippen molar-refractivity contribution < 1.29 is 9.47 Å². The molecule has 0 heterocycles. The molecule has 0 saturated heterocycles. The summed E-state index contributed by atoms with van der Waals surface area (Å²) in [6.45, 7) is 6.40. The third kappa shape index (κ3) is 2.32. The van der Waals surface area contributed by atoms with E-state index in [4.69, 9.17) is 15.2 Å². The minimum atomic E-state index is 0.0775. The Kier molecular flexibility index (Phi) is 3.77.